The van der Waals surface area contributed by atoms with Crippen LogP contribution < -0.4 is 10.5 Å². The molecule has 0 fully saturated rings. The number of fused-ring (bicyclic) bond motifs is 1. The van der Waals surface area contributed by atoms with Gasteiger partial charge in [-0.3, -0.25) is 0 Å². The van der Waals surface area contributed by atoms with Gasteiger partial charge in [-0.15, -0.1) is 0 Å². The molecule has 1 aliphatic rings. The SMILES string of the molecule is CNS(=O)(=O)CCn1ccc2c1CCCC2N. The molecular weight excluding hydrogens is 238 g/mol. The number of aromatic nitrogens is 1. The molecule has 1 heterocycles. The van der Waals surface area contributed by atoms with Crippen LogP contribution >= 0.6 is 0 Å². The van der Waals surface area contributed by atoms with Crippen molar-refractivity contribution in [1.82, 2.24) is 9.29 Å². The van der Waals surface area contributed by atoms with E-state index < -0.39 is 10.0 Å². The number of rotatable bonds is 4. The van der Waals surface area contributed by atoms with Gasteiger partial charge in [0, 0.05) is 24.5 Å². The topological polar surface area (TPSA) is 77.1 Å². The Labute approximate surface area is 102 Å². The van der Waals surface area contributed by atoms with Gasteiger partial charge in [0.05, 0.1) is 5.75 Å². The van der Waals surface area contributed by atoms with Crippen molar-refractivity contribution < 1.29 is 8.42 Å². The lowest BCUT2D eigenvalue weighted by Crippen LogP contribution is -2.25. The van der Waals surface area contributed by atoms with Crippen LogP contribution in [0.2, 0.25) is 0 Å². The fourth-order valence-corrected chi connectivity index (χ4v) is 2.96. The highest BCUT2D eigenvalue weighted by molar-refractivity contribution is 7.89. The van der Waals surface area contributed by atoms with Crippen LogP contribution in [-0.2, 0) is 23.0 Å². The molecule has 0 aliphatic heterocycles. The minimum absolute atomic E-state index is 0.111. The zero-order valence-electron chi connectivity index (χ0n) is 10.0. The summed E-state index contributed by atoms with van der Waals surface area (Å²) in [5.41, 5.74) is 8.41. The monoisotopic (exact) mass is 257 g/mol. The predicted molar refractivity (Wildman–Crippen MR) is 67.1 cm³/mol. The molecule has 0 amide bonds. The lowest BCUT2D eigenvalue weighted by Gasteiger charge is -2.20. The Balaban J connectivity index is 2.13. The molecule has 5 nitrogen and oxygen atoms in total. The minimum Gasteiger partial charge on any atom is -0.350 e. The summed E-state index contributed by atoms with van der Waals surface area (Å²) < 4.78 is 27.1. The van der Waals surface area contributed by atoms with Gasteiger partial charge in [0.1, 0.15) is 0 Å². The van der Waals surface area contributed by atoms with Gasteiger partial charge in [-0.05, 0) is 37.9 Å². The van der Waals surface area contributed by atoms with Gasteiger partial charge >= 0.3 is 0 Å². The molecule has 1 aromatic heterocycles. The van der Waals surface area contributed by atoms with E-state index >= 15 is 0 Å². The Morgan fingerprint density at radius 3 is 3.06 bits per heavy atom. The predicted octanol–water partition coefficient (Wildman–Crippen LogP) is 0.373. The molecule has 0 bridgehead atoms. The molecule has 3 N–H and O–H groups in total. The average molecular weight is 257 g/mol. The molecule has 2 rings (SSSR count). The third-order valence-electron chi connectivity index (χ3n) is 3.35. The van der Waals surface area contributed by atoms with Crippen molar-refractivity contribution in [2.75, 3.05) is 12.8 Å². The highest BCUT2D eigenvalue weighted by Crippen LogP contribution is 2.28. The fraction of sp³-hybridized carbons (Fsp3) is 0.636. The van der Waals surface area contributed by atoms with E-state index in [4.69, 9.17) is 5.73 Å². The van der Waals surface area contributed by atoms with Gasteiger partial charge in [0.2, 0.25) is 10.0 Å². The molecule has 1 aromatic rings. The molecule has 17 heavy (non-hydrogen) atoms. The van der Waals surface area contributed by atoms with Crippen molar-refractivity contribution in [2.45, 2.75) is 31.8 Å². The number of nitrogens with two attached hydrogens (primary N) is 1. The molecule has 0 saturated carbocycles. The summed E-state index contributed by atoms with van der Waals surface area (Å²) in [4.78, 5) is 0. The van der Waals surface area contributed by atoms with Gasteiger partial charge in [-0.2, -0.15) is 0 Å². The van der Waals surface area contributed by atoms with E-state index in [0.717, 1.165) is 19.3 Å². The number of hydrogen-bond acceptors (Lipinski definition) is 3. The third-order valence-corrected chi connectivity index (χ3v) is 4.70. The maximum atomic E-state index is 11.4. The zero-order valence-corrected chi connectivity index (χ0v) is 10.8. The van der Waals surface area contributed by atoms with Crippen LogP contribution in [-0.4, -0.2) is 25.8 Å². The van der Waals surface area contributed by atoms with Crippen LogP contribution in [0.4, 0.5) is 0 Å². The minimum atomic E-state index is -3.14. The quantitative estimate of drug-likeness (QED) is 0.818. The molecule has 0 spiro atoms. The van der Waals surface area contributed by atoms with E-state index in [1.807, 2.05) is 16.8 Å². The first-order valence-corrected chi connectivity index (χ1v) is 7.53. The third kappa shape index (κ3) is 2.70. The summed E-state index contributed by atoms with van der Waals surface area (Å²) >= 11 is 0. The number of aryl methyl sites for hydroxylation is 1. The molecule has 96 valence electrons. The van der Waals surface area contributed by atoms with Crippen LogP contribution in [0.3, 0.4) is 0 Å². The van der Waals surface area contributed by atoms with Crippen LogP contribution in [0.1, 0.15) is 30.1 Å². The van der Waals surface area contributed by atoms with E-state index in [1.165, 1.54) is 18.3 Å². The molecule has 1 aliphatic carbocycles. The molecule has 6 heteroatoms. The number of hydrogen-bond donors (Lipinski definition) is 2. The second kappa shape index (κ2) is 4.80. The summed E-state index contributed by atoms with van der Waals surface area (Å²) in [6, 6.07) is 2.13. The van der Waals surface area contributed by atoms with Crippen LogP contribution in [0.5, 0.6) is 0 Å². The number of sulfonamides is 1. The van der Waals surface area contributed by atoms with Crippen molar-refractivity contribution in [2.24, 2.45) is 5.73 Å². The second-order valence-corrected chi connectivity index (χ2v) is 6.48. The highest BCUT2D eigenvalue weighted by Gasteiger charge is 2.20. The highest BCUT2D eigenvalue weighted by atomic mass is 32.2. The lowest BCUT2D eigenvalue weighted by atomic mass is 9.94. The Kier molecular flexibility index (Phi) is 3.56. The molecule has 0 radical (unpaired) electrons. The van der Waals surface area contributed by atoms with Crippen LogP contribution in [0.25, 0.3) is 0 Å². The largest absolute Gasteiger partial charge is 0.350 e. The van der Waals surface area contributed by atoms with E-state index in [-0.39, 0.29) is 11.8 Å². The Bertz CT molecular complexity index is 493. The average Bonchev–Trinajstić information content (AvgIpc) is 2.71. The lowest BCUT2D eigenvalue weighted by molar-refractivity contribution is 0.541. The van der Waals surface area contributed by atoms with Crippen LogP contribution in [0, 0.1) is 0 Å². The smallest absolute Gasteiger partial charge is 0.213 e. The van der Waals surface area contributed by atoms with Crippen molar-refractivity contribution in [3.8, 4) is 0 Å². The van der Waals surface area contributed by atoms with E-state index in [1.54, 1.807) is 0 Å². The van der Waals surface area contributed by atoms with E-state index in [9.17, 15) is 8.42 Å². The maximum Gasteiger partial charge on any atom is 0.213 e. The molecule has 0 aromatic carbocycles. The van der Waals surface area contributed by atoms with E-state index in [2.05, 4.69) is 4.72 Å². The van der Waals surface area contributed by atoms with Crippen molar-refractivity contribution >= 4 is 10.0 Å². The molecule has 0 saturated heterocycles. The summed E-state index contributed by atoms with van der Waals surface area (Å²) in [5, 5.41) is 0. The normalized spacial score (nSPS) is 20.2. The van der Waals surface area contributed by atoms with Gasteiger partial charge < -0.3 is 10.3 Å². The number of nitrogens with zero attached hydrogens (tertiary/aromatic N) is 1. The number of nitrogens with one attached hydrogen (secondary N) is 1. The van der Waals surface area contributed by atoms with E-state index in [0.29, 0.717) is 6.54 Å². The summed E-state index contributed by atoms with van der Waals surface area (Å²) in [6.45, 7) is 0.491. The van der Waals surface area contributed by atoms with Gasteiger partial charge in [0.15, 0.2) is 0 Å². The second-order valence-electron chi connectivity index (χ2n) is 4.43. The van der Waals surface area contributed by atoms with Crippen LogP contribution in [0.15, 0.2) is 12.3 Å². The standard InChI is InChI=1S/C11H19N3O2S/c1-13-17(15,16)8-7-14-6-5-9-10(12)3-2-4-11(9)14/h5-6,10,13H,2-4,7-8,12H2,1H3. The summed E-state index contributed by atoms with van der Waals surface area (Å²) in [6.07, 6.45) is 5.04. The summed E-state index contributed by atoms with van der Waals surface area (Å²) in [7, 11) is -1.70. The zero-order chi connectivity index (χ0) is 12.5. The summed E-state index contributed by atoms with van der Waals surface area (Å²) in [5.74, 6) is 0.111. The maximum absolute atomic E-state index is 11.4. The molecule has 1 unspecified atom stereocenters. The van der Waals surface area contributed by atoms with Gasteiger partial charge in [-0.1, -0.05) is 0 Å². The Morgan fingerprint density at radius 2 is 2.35 bits per heavy atom. The first kappa shape index (κ1) is 12.6. The van der Waals surface area contributed by atoms with Crippen molar-refractivity contribution in [3.63, 3.8) is 0 Å². The Morgan fingerprint density at radius 1 is 1.59 bits per heavy atom. The Hall–Kier alpha value is -0.850. The first-order chi connectivity index (χ1) is 8.03. The van der Waals surface area contributed by atoms with Crippen molar-refractivity contribution in [3.05, 3.63) is 23.5 Å². The fourth-order valence-electron chi connectivity index (χ4n) is 2.32. The van der Waals surface area contributed by atoms with Crippen molar-refractivity contribution in [1.29, 1.82) is 0 Å². The molecular formula is C11H19N3O2S. The first-order valence-electron chi connectivity index (χ1n) is 5.88. The van der Waals surface area contributed by atoms with Gasteiger partial charge in [-0.25, -0.2) is 13.1 Å². The van der Waals surface area contributed by atoms with Gasteiger partial charge in [0.25, 0.3) is 0 Å². The molecule has 1 atom stereocenters.